The second-order valence-corrected chi connectivity index (χ2v) is 11.2. The van der Waals surface area contributed by atoms with Crippen molar-refractivity contribution in [1.29, 1.82) is 0 Å². The molecule has 1 aliphatic heterocycles. The van der Waals surface area contributed by atoms with Crippen LogP contribution in [0, 0.1) is 0 Å². The molecule has 0 saturated carbocycles. The van der Waals surface area contributed by atoms with E-state index < -0.39 is 18.0 Å². The zero-order valence-corrected chi connectivity index (χ0v) is 26.4. The van der Waals surface area contributed by atoms with Crippen LogP contribution in [0.5, 0.6) is 5.75 Å². The van der Waals surface area contributed by atoms with E-state index in [2.05, 4.69) is 10.6 Å². The van der Waals surface area contributed by atoms with E-state index in [0.29, 0.717) is 37.6 Å². The maximum Gasteiger partial charge on any atom is 0.429 e. The summed E-state index contributed by atoms with van der Waals surface area (Å²) in [6, 6.07) is 32.7. The molecule has 1 fully saturated rings. The number of phenolic OH excluding ortho intramolecular Hbond substituents is 1. The number of urea groups is 1. The van der Waals surface area contributed by atoms with Gasteiger partial charge in [0.05, 0.1) is 17.8 Å². The summed E-state index contributed by atoms with van der Waals surface area (Å²) in [7, 11) is 0. The Morgan fingerprint density at radius 3 is 2.17 bits per heavy atom. The number of amides is 4. The first-order chi connectivity index (χ1) is 23.0. The molecule has 1 heterocycles. The number of benzene rings is 4. The van der Waals surface area contributed by atoms with E-state index in [0.717, 1.165) is 40.9 Å². The van der Waals surface area contributed by atoms with Crippen molar-refractivity contribution in [2.75, 3.05) is 42.7 Å². The van der Waals surface area contributed by atoms with Gasteiger partial charge in [-0.2, -0.15) is 0 Å². The Morgan fingerprint density at radius 1 is 0.766 bits per heavy atom. The maximum atomic E-state index is 13.7. The number of nitrogens with zero attached hydrogens (tertiary/aromatic N) is 3. The quantitative estimate of drug-likeness (QED) is 0.156. The molecule has 3 N–H and O–H groups in total. The van der Waals surface area contributed by atoms with Crippen LogP contribution in [0.3, 0.4) is 0 Å². The van der Waals surface area contributed by atoms with Gasteiger partial charge in [0.1, 0.15) is 12.4 Å². The van der Waals surface area contributed by atoms with Gasteiger partial charge >= 0.3 is 12.1 Å². The van der Waals surface area contributed by atoms with Gasteiger partial charge in [-0.15, -0.1) is 0 Å². The van der Waals surface area contributed by atoms with Gasteiger partial charge in [0, 0.05) is 43.9 Å². The van der Waals surface area contributed by atoms with E-state index in [1.807, 2.05) is 71.7 Å². The molecule has 0 radical (unpaired) electrons. The van der Waals surface area contributed by atoms with Crippen LogP contribution in [-0.2, 0) is 16.1 Å². The Labute approximate surface area is 275 Å². The summed E-state index contributed by atoms with van der Waals surface area (Å²) in [6.07, 6.45) is 2.25. The minimum atomic E-state index is -0.580. The molecule has 0 spiro atoms. The predicted octanol–water partition coefficient (Wildman–Crippen LogP) is 6.33. The van der Waals surface area contributed by atoms with Gasteiger partial charge in [0.2, 0.25) is 5.91 Å². The number of imide groups is 1. The van der Waals surface area contributed by atoms with Crippen molar-refractivity contribution in [2.24, 2.45) is 0 Å². The Morgan fingerprint density at radius 2 is 1.43 bits per heavy atom. The number of anilines is 2. The highest BCUT2D eigenvalue weighted by atomic mass is 16.6. The van der Waals surface area contributed by atoms with Crippen molar-refractivity contribution in [3.05, 3.63) is 115 Å². The molecule has 5 rings (SSSR count). The molecule has 244 valence electrons. The Balaban J connectivity index is 1.22. The van der Waals surface area contributed by atoms with Crippen LogP contribution in [0.25, 0.3) is 11.1 Å². The third kappa shape index (κ3) is 8.96. The highest BCUT2D eigenvalue weighted by molar-refractivity contribution is 6.14. The molecule has 10 heteroatoms. The average molecular weight is 636 g/mol. The van der Waals surface area contributed by atoms with Crippen LogP contribution in [-0.4, -0.2) is 60.9 Å². The van der Waals surface area contributed by atoms with Crippen LogP contribution < -0.4 is 20.5 Å². The van der Waals surface area contributed by atoms with Crippen molar-refractivity contribution in [3.8, 4) is 16.9 Å². The Bertz CT molecular complexity index is 1610. The largest absolute Gasteiger partial charge is 0.508 e. The molecule has 4 amide bonds. The number of ether oxygens (including phenoxy) is 1. The third-order valence-corrected chi connectivity index (χ3v) is 7.90. The molecule has 0 bridgehead atoms. The van der Waals surface area contributed by atoms with Crippen molar-refractivity contribution < 1.29 is 24.2 Å². The van der Waals surface area contributed by atoms with Gasteiger partial charge < -0.3 is 20.5 Å². The molecule has 1 saturated heterocycles. The average Bonchev–Trinajstić information content (AvgIpc) is 3.11. The molecule has 4 aromatic rings. The molecular weight excluding hydrogens is 594 g/mol. The minimum absolute atomic E-state index is 0.187. The Hall–Kier alpha value is -5.19. The van der Waals surface area contributed by atoms with Crippen LogP contribution in [0.15, 0.2) is 109 Å². The van der Waals surface area contributed by atoms with E-state index in [4.69, 9.17) is 4.74 Å². The van der Waals surface area contributed by atoms with E-state index in [1.165, 1.54) is 0 Å². The van der Waals surface area contributed by atoms with Gasteiger partial charge in [-0.1, -0.05) is 91.3 Å². The summed E-state index contributed by atoms with van der Waals surface area (Å²) in [5, 5.41) is 19.5. The SMILES string of the molecule is O=C(CCOC(=O)N(c1ccccc1-c1ccccc1)N1CCCCC1)N(C(=O)NCCNCc1ccccc1O)c1ccccc1. The monoisotopic (exact) mass is 635 g/mol. The summed E-state index contributed by atoms with van der Waals surface area (Å²) in [4.78, 5) is 41.5. The standard InChI is InChI=1S/C37H41N5O5/c43-34-21-11-8-16-30(34)28-38-23-24-39-36(45)41(31-17-6-2-7-18-31)35(44)22-27-47-37(46)42(40-25-12-3-13-26-40)33-20-10-9-19-32(33)29-14-4-1-5-15-29/h1-2,4-11,14-21,38,43H,3,12-13,22-28H2,(H,39,45). The summed E-state index contributed by atoms with van der Waals surface area (Å²) < 4.78 is 5.74. The maximum absolute atomic E-state index is 13.7. The van der Waals surface area contributed by atoms with Gasteiger partial charge in [0.15, 0.2) is 0 Å². The van der Waals surface area contributed by atoms with E-state index in [1.54, 1.807) is 47.5 Å². The zero-order chi connectivity index (χ0) is 32.8. The fourth-order valence-electron chi connectivity index (χ4n) is 5.53. The fourth-order valence-corrected chi connectivity index (χ4v) is 5.53. The zero-order valence-electron chi connectivity index (χ0n) is 26.4. The van der Waals surface area contributed by atoms with Crippen molar-refractivity contribution in [1.82, 2.24) is 15.6 Å². The molecule has 0 atom stereocenters. The molecule has 0 aromatic heterocycles. The summed E-state index contributed by atoms with van der Waals surface area (Å²) >= 11 is 0. The number of hydrazine groups is 1. The number of carbonyl (C=O) groups excluding carboxylic acids is 3. The first-order valence-corrected chi connectivity index (χ1v) is 16.0. The fraction of sp³-hybridized carbons (Fsp3) is 0.270. The lowest BCUT2D eigenvalue weighted by Gasteiger charge is -2.37. The number of hydrogen-bond donors (Lipinski definition) is 3. The molecule has 0 unspecified atom stereocenters. The molecule has 47 heavy (non-hydrogen) atoms. The van der Waals surface area contributed by atoms with Gasteiger partial charge in [-0.25, -0.2) is 24.5 Å². The Kier molecular flexibility index (Phi) is 12.0. The van der Waals surface area contributed by atoms with Crippen LogP contribution in [0.2, 0.25) is 0 Å². The highest BCUT2D eigenvalue weighted by Crippen LogP contribution is 2.33. The number of para-hydroxylation sites is 3. The first kappa shape index (κ1) is 33.2. The van der Waals surface area contributed by atoms with Crippen LogP contribution in [0.4, 0.5) is 21.0 Å². The molecule has 0 aliphatic carbocycles. The number of carbonyl (C=O) groups is 3. The lowest BCUT2D eigenvalue weighted by atomic mass is 10.0. The van der Waals surface area contributed by atoms with E-state index >= 15 is 0 Å². The van der Waals surface area contributed by atoms with Crippen LogP contribution >= 0.6 is 0 Å². The smallest absolute Gasteiger partial charge is 0.429 e. The number of aromatic hydroxyl groups is 1. The molecular formula is C37H41N5O5. The minimum Gasteiger partial charge on any atom is -0.508 e. The second kappa shape index (κ2) is 16.9. The number of rotatable bonds is 12. The van der Waals surface area contributed by atoms with Gasteiger partial charge in [-0.3, -0.25) is 4.79 Å². The predicted molar refractivity (Wildman–Crippen MR) is 183 cm³/mol. The normalized spacial score (nSPS) is 13.0. The number of hydrogen-bond acceptors (Lipinski definition) is 7. The van der Waals surface area contributed by atoms with E-state index in [-0.39, 0.29) is 25.3 Å². The summed E-state index contributed by atoms with van der Waals surface area (Å²) in [5.41, 5.74) is 3.74. The lowest BCUT2D eigenvalue weighted by Crippen LogP contribution is -2.50. The number of piperidine rings is 1. The van der Waals surface area contributed by atoms with Crippen molar-refractivity contribution in [3.63, 3.8) is 0 Å². The molecule has 4 aromatic carbocycles. The van der Waals surface area contributed by atoms with Gasteiger partial charge in [-0.05, 0) is 42.7 Å². The summed E-state index contributed by atoms with van der Waals surface area (Å²) in [6.45, 7) is 2.32. The first-order valence-electron chi connectivity index (χ1n) is 16.0. The number of phenols is 1. The summed E-state index contributed by atoms with van der Waals surface area (Å²) in [5.74, 6) is -0.303. The van der Waals surface area contributed by atoms with Crippen molar-refractivity contribution >= 4 is 29.4 Å². The van der Waals surface area contributed by atoms with Gasteiger partial charge in [0.25, 0.3) is 0 Å². The van der Waals surface area contributed by atoms with Crippen molar-refractivity contribution in [2.45, 2.75) is 32.2 Å². The molecule has 1 aliphatic rings. The molecule has 10 nitrogen and oxygen atoms in total. The van der Waals surface area contributed by atoms with E-state index in [9.17, 15) is 19.5 Å². The highest BCUT2D eigenvalue weighted by Gasteiger charge is 2.29. The third-order valence-electron chi connectivity index (χ3n) is 7.90. The van der Waals surface area contributed by atoms with Crippen LogP contribution in [0.1, 0.15) is 31.2 Å². The number of nitrogens with one attached hydrogen (secondary N) is 2. The lowest BCUT2D eigenvalue weighted by molar-refractivity contribution is -0.118. The second-order valence-electron chi connectivity index (χ2n) is 11.2. The topological polar surface area (TPSA) is 114 Å².